The molecule has 1 rings (SSSR count). The van der Waals surface area contributed by atoms with E-state index in [2.05, 4.69) is 26.8 Å². The molecule has 72 valence electrons. The first kappa shape index (κ1) is 10.3. The predicted octanol–water partition coefficient (Wildman–Crippen LogP) is 3.78. The second kappa shape index (κ2) is 4.47. The summed E-state index contributed by atoms with van der Waals surface area (Å²) in [5.74, 6) is 0.654. The number of thiophene rings is 1. The average molecular weight is 195 g/mol. The molecule has 13 heavy (non-hydrogen) atoms. The quantitative estimate of drug-likeness (QED) is 0.780. The fraction of sp³-hybridized carbons (Fsp3) is 0.455. The summed E-state index contributed by atoms with van der Waals surface area (Å²) in [6, 6.07) is 1.96. The number of nitrogen functional groups attached to an aromatic ring is 1. The highest BCUT2D eigenvalue weighted by Gasteiger charge is 2.03. The number of allylic oxidation sites excluding steroid dienone is 1. The summed E-state index contributed by atoms with van der Waals surface area (Å²) < 4.78 is 0. The number of anilines is 1. The smallest absolute Gasteiger partial charge is 0.0499 e. The van der Waals surface area contributed by atoms with E-state index in [4.69, 9.17) is 5.73 Å². The van der Waals surface area contributed by atoms with E-state index < -0.39 is 0 Å². The van der Waals surface area contributed by atoms with Crippen LogP contribution in [0, 0.1) is 5.92 Å². The molecule has 2 N–H and O–H groups in total. The van der Waals surface area contributed by atoms with Crippen molar-refractivity contribution in [3.05, 3.63) is 21.9 Å². The highest BCUT2D eigenvalue weighted by molar-refractivity contribution is 7.11. The molecule has 0 aliphatic heterocycles. The van der Waals surface area contributed by atoms with Gasteiger partial charge in [0.1, 0.15) is 0 Å². The fourth-order valence-electron chi connectivity index (χ4n) is 1.12. The fourth-order valence-corrected chi connectivity index (χ4v) is 1.94. The van der Waals surface area contributed by atoms with Gasteiger partial charge in [-0.25, -0.2) is 0 Å². The van der Waals surface area contributed by atoms with Crippen molar-refractivity contribution < 1.29 is 0 Å². The van der Waals surface area contributed by atoms with Crippen LogP contribution < -0.4 is 5.73 Å². The van der Waals surface area contributed by atoms with Crippen molar-refractivity contribution >= 4 is 23.1 Å². The topological polar surface area (TPSA) is 26.0 Å². The van der Waals surface area contributed by atoms with Crippen molar-refractivity contribution in [1.29, 1.82) is 0 Å². The van der Waals surface area contributed by atoms with E-state index in [0.717, 1.165) is 5.69 Å². The predicted molar refractivity (Wildman–Crippen MR) is 61.8 cm³/mol. The molecule has 0 aromatic carbocycles. The zero-order valence-corrected chi connectivity index (χ0v) is 9.32. The summed E-state index contributed by atoms with van der Waals surface area (Å²) in [6.07, 6.45) is 3.39. The van der Waals surface area contributed by atoms with E-state index in [1.807, 2.05) is 11.4 Å². The molecule has 0 saturated carbocycles. The molecule has 1 nitrogen and oxygen atoms in total. The minimum Gasteiger partial charge on any atom is -0.398 e. The van der Waals surface area contributed by atoms with E-state index >= 15 is 0 Å². The normalized spacial score (nSPS) is 14.5. The Labute approximate surface area is 84.3 Å². The van der Waals surface area contributed by atoms with Crippen molar-refractivity contribution in [2.45, 2.75) is 27.2 Å². The standard InChI is InChI=1S/C11H17NS/c1-4-8(2)9(3)7-11-10(12)5-6-13-11/h5-8H,4,12H2,1-3H3. The van der Waals surface area contributed by atoms with Crippen LogP contribution in [0.5, 0.6) is 0 Å². The van der Waals surface area contributed by atoms with Gasteiger partial charge in [-0.2, -0.15) is 0 Å². The number of hydrogen-bond donors (Lipinski definition) is 1. The van der Waals surface area contributed by atoms with Gasteiger partial charge in [-0.15, -0.1) is 11.3 Å². The molecule has 0 aliphatic rings. The maximum absolute atomic E-state index is 5.80. The SMILES string of the molecule is CCC(C)C(C)=Cc1sccc1N. The third-order valence-corrected chi connectivity index (χ3v) is 3.36. The Kier molecular flexibility index (Phi) is 3.55. The molecule has 0 amide bonds. The van der Waals surface area contributed by atoms with E-state index in [1.165, 1.54) is 16.9 Å². The van der Waals surface area contributed by atoms with Gasteiger partial charge in [0.25, 0.3) is 0 Å². The second-order valence-corrected chi connectivity index (χ2v) is 4.39. The minimum absolute atomic E-state index is 0.654. The molecule has 2 heteroatoms. The van der Waals surface area contributed by atoms with E-state index in [0.29, 0.717) is 5.92 Å². The monoisotopic (exact) mass is 195 g/mol. The van der Waals surface area contributed by atoms with Crippen LogP contribution in [-0.4, -0.2) is 0 Å². The summed E-state index contributed by atoms with van der Waals surface area (Å²) >= 11 is 1.70. The van der Waals surface area contributed by atoms with Crippen molar-refractivity contribution in [2.75, 3.05) is 5.73 Å². The van der Waals surface area contributed by atoms with Crippen molar-refractivity contribution in [2.24, 2.45) is 5.92 Å². The Morgan fingerprint density at radius 1 is 1.69 bits per heavy atom. The Morgan fingerprint density at radius 2 is 2.38 bits per heavy atom. The number of hydrogen-bond acceptors (Lipinski definition) is 2. The van der Waals surface area contributed by atoms with Gasteiger partial charge in [0, 0.05) is 10.6 Å². The summed E-state index contributed by atoms with van der Waals surface area (Å²) in [6.45, 7) is 6.63. The van der Waals surface area contributed by atoms with Crippen LogP contribution in [0.3, 0.4) is 0 Å². The molecule has 0 bridgehead atoms. The molecular formula is C11H17NS. The zero-order chi connectivity index (χ0) is 9.84. The Bertz CT molecular complexity index is 299. The first-order valence-electron chi connectivity index (χ1n) is 4.66. The lowest BCUT2D eigenvalue weighted by Gasteiger charge is -2.08. The lowest BCUT2D eigenvalue weighted by molar-refractivity contribution is 0.660. The van der Waals surface area contributed by atoms with Crippen LogP contribution >= 0.6 is 11.3 Å². The summed E-state index contributed by atoms with van der Waals surface area (Å²) in [5, 5.41) is 2.03. The summed E-state index contributed by atoms with van der Waals surface area (Å²) in [5.41, 5.74) is 8.11. The van der Waals surface area contributed by atoms with Gasteiger partial charge in [-0.1, -0.05) is 19.4 Å². The maximum atomic E-state index is 5.80. The minimum atomic E-state index is 0.654. The van der Waals surface area contributed by atoms with Gasteiger partial charge in [-0.3, -0.25) is 0 Å². The van der Waals surface area contributed by atoms with Crippen LogP contribution in [0.4, 0.5) is 5.69 Å². The second-order valence-electron chi connectivity index (χ2n) is 3.44. The van der Waals surface area contributed by atoms with E-state index in [9.17, 15) is 0 Å². The van der Waals surface area contributed by atoms with Gasteiger partial charge in [0.2, 0.25) is 0 Å². The van der Waals surface area contributed by atoms with Gasteiger partial charge in [0.05, 0.1) is 0 Å². The first-order valence-corrected chi connectivity index (χ1v) is 5.54. The Hall–Kier alpha value is -0.760. The Morgan fingerprint density at radius 3 is 2.85 bits per heavy atom. The van der Waals surface area contributed by atoms with Crippen molar-refractivity contribution in [3.8, 4) is 0 Å². The van der Waals surface area contributed by atoms with Crippen LogP contribution in [-0.2, 0) is 0 Å². The third-order valence-electron chi connectivity index (χ3n) is 2.48. The van der Waals surface area contributed by atoms with E-state index in [-0.39, 0.29) is 0 Å². The highest BCUT2D eigenvalue weighted by atomic mass is 32.1. The molecule has 1 unspecified atom stereocenters. The van der Waals surface area contributed by atoms with Crippen LogP contribution in [0.25, 0.3) is 6.08 Å². The molecule has 1 atom stereocenters. The molecule has 0 radical (unpaired) electrons. The molecule has 0 aliphatic carbocycles. The lowest BCUT2D eigenvalue weighted by Crippen LogP contribution is -1.93. The third kappa shape index (κ3) is 2.59. The van der Waals surface area contributed by atoms with Gasteiger partial charge >= 0.3 is 0 Å². The average Bonchev–Trinajstić information content (AvgIpc) is 2.50. The zero-order valence-electron chi connectivity index (χ0n) is 8.50. The lowest BCUT2D eigenvalue weighted by atomic mass is 9.99. The van der Waals surface area contributed by atoms with Crippen LogP contribution in [0.2, 0.25) is 0 Å². The number of rotatable bonds is 3. The number of nitrogens with two attached hydrogens (primary N) is 1. The molecule has 1 aromatic heterocycles. The molecule has 1 aromatic rings. The molecule has 1 heterocycles. The first-order chi connectivity index (χ1) is 6.15. The Balaban J connectivity index is 2.82. The molecule has 0 saturated heterocycles. The molecule has 0 spiro atoms. The van der Waals surface area contributed by atoms with Gasteiger partial charge in [0.15, 0.2) is 0 Å². The van der Waals surface area contributed by atoms with Crippen LogP contribution in [0.15, 0.2) is 17.0 Å². The highest BCUT2D eigenvalue weighted by Crippen LogP contribution is 2.24. The molecule has 0 fully saturated rings. The van der Waals surface area contributed by atoms with Crippen LogP contribution in [0.1, 0.15) is 32.1 Å². The largest absolute Gasteiger partial charge is 0.398 e. The van der Waals surface area contributed by atoms with Gasteiger partial charge < -0.3 is 5.73 Å². The summed E-state index contributed by atoms with van der Waals surface area (Å²) in [7, 11) is 0. The summed E-state index contributed by atoms with van der Waals surface area (Å²) in [4.78, 5) is 1.19. The molecular weight excluding hydrogens is 178 g/mol. The maximum Gasteiger partial charge on any atom is 0.0499 e. The van der Waals surface area contributed by atoms with E-state index in [1.54, 1.807) is 11.3 Å². The van der Waals surface area contributed by atoms with Crippen molar-refractivity contribution in [1.82, 2.24) is 0 Å². The van der Waals surface area contributed by atoms with Gasteiger partial charge in [-0.05, 0) is 36.8 Å². The van der Waals surface area contributed by atoms with Crippen molar-refractivity contribution in [3.63, 3.8) is 0 Å².